The summed E-state index contributed by atoms with van der Waals surface area (Å²) in [6, 6.07) is 37.9. The van der Waals surface area contributed by atoms with E-state index in [0.29, 0.717) is 17.9 Å². The molecule has 0 aliphatic heterocycles. The number of hydrogen-bond acceptors (Lipinski definition) is 4. The summed E-state index contributed by atoms with van der Waals surface area (Å²) in [6.07, 6.45) is 1.90. The molecule has 0 aliphatic rings. The van der Waals surface area contributed by atoms with Crippen LogP contribution < -0.4 is 4.74 Å². The van der Waals surface area contributed by atoms with Gasteiger partial charge in [0.2, 0.25) is 0 Å². The Hall–Kier alpha value is -5.49. The lowest BCUT2D eigenvalue weighted by atomic mass is 9.98. The second-order valence-corrected chi connectivity index (χ2v) is 11.5. The summed E-state index contributed by atoms with van der Waals surface area (Å²) in [5.41, 5.74) is 9.95. The molecule has 0 amide bonds. The summed E-state index contributed by atoms with van der Waals surface area (Å²) >= 11 is 0. The first kappa shape index (κ1) is 28.3. The molecule has 7 rings (SSSR count). The van der Waals surface area contributed by atoms with E-state index in [0.717, 1.165) is 74.4 Å². The number of para-hydroxylation sites is 3. The maximum Gasteiger partial charge on any atom is 0.344 e. The number of carbonyl (C=O) groups is 1. The van der Waals surface area contributed by atoms with Gasteiger partial charge >= 0.3 is 5.97 Å². The highest BCUT2D eigenvalue weighted by atomic mass is 16.5. The molecule has 222 valence electrons. The number of rotatable bonds is 8. The van der Waals surface area contributed by atoms with E-state index in [4.69, 9.17) is 14.7 Å². The van der Waals surface area contributed by atoms with Gasteiger partial charge in [-0.15, -0.1) is 0 Å². The predicted molar refractivity (Wildman–Crippen MR) is 181 cm³/mol. The van der Waals surface area contributed by atoms with E-state index < -0.39 is 0 Å². The number of nitrogens with zero attached hydrogens (tertiary/aromatic N) is 4. The molecular formula is C39H34N4O2. The first-order chi connectivity index (χ1) is 22.0. The minimum Gasteiger partial charge on any atom is -0.423 e. The molecule has 0 unspecified atom stereocenters. The summed E-state index contributed by atoms with van der Waals surface area (Å²) in [5.74, 6) is 2.18. The lowest BCUT2D eigenvalue weighted by Gasteiger charge is -2.13. The molecule has 2 heterocycles. The van der Waals surface area contributed by atoms with E-state index >= 15 is 0 Å². The van der Waals surface area contributed by atoms with Crippen LogP contribution in [0.2, 0.25) is 0 Å². The third-order valence-electron chi connectivity index (χ3n) is 8.35. The molecule has 0 saturated heterocycles. The van der Waals surface area contributed by atoms with Crippen LogP contribution in [0.5, 0.6) is 5.75 Å². The summed E-state index contributed by atoms with van der Waals surface area (Å²) in [7, 11) is 2.07. The zero-order valence-corrected chi connectivity index (χ0v) is 25.7. The number of aryl methyl sites for hydroxylation is 3. The fourth-order valence-corrected chi connectivity index (χ4v) is 6.10. The summed E-state index contributed by atoms with van der Waals surface area (Å²) in [5, 5.41) is 0. The summed E-state index contributed by atoms with van der Waals surface area (Å²) in [4.78, 5) is 23.2. The van der Waals surface area contributed by atoms with Crippen LogP contribution in [-0.4, -0.2) is 25.1 Å². The van der Waals surface area contributed by atoms with Crippen LogP contribution in [0.25, 0.3) is 44.6 Å². The lowest BCUT2D eigenvalue weighted by Crippen LogP contribution is -2.10. The number of fused-ring (bicyclic) bond motifs is 2. The first-order valence-electron chi connectivity index (χ1n) is 15.4. The van der Waals surface area contributed by atoms with E-state index in [-0.39, 0.29) is 5.97 Å². The van der Waals surface area contributed by atoms with Crippen molar-refractivity contribution in [3.8, 4) is 28.3 Å². The Morgan fingerprint density at radius 3 is 2.29 bits per heavy atom. The minimum atomic E-state index is -0.373. The van der Waals surface area contributed by atoms with Crippen molar-refractivity contribution in [2.45, 2.75) is 33.2 Å². The van der Waals surface area contributed by atoms with Gasteiger partial charge in [-0.2, -0.15) is 0 Å². The standard InChI is InChI=1S/C39H34N4O2/c1-4-12-36-41-37-26(2)23-29(38-40-33-17-10-11-18-34(33)42(38)3)24-35(37)43(36)25-27-19-21-28(22-20-27)31-15-8-9-16-32(31)39(44)45-30-13-6-5-7-14-30/h5-11,13-24H,4,12,25H2,1-3H3. The van der Waals surface area contributed by atoms with Gasteiger partial charge in [-0.3, -0.25) is 0 Å². The van der Waals surface area contributed by atoms with Crippen molar-refractivity contribution < 1.29 is 9.53 Å². The Morgan fingerprint density at radius 1 is 0.778 bits per heavy atom. The van der Waals surface area contributed by atoms with Crippen LogP contribution in [0.1, 0.15) is 40.7 Å². The third kappa shape index (κ3) is 5.40. The summed E-state index contributed by atoms with van der Waals surface area (Å²) < 4.78 is 10.2. The maximum atomic E-state index is 13.1. The second kappa shape index (κ2) is 11.9. The van der Waals surface area contributed by atoms with Crippen LogP contribution in [-0.2, 0) is 20.0 Å². The topological polar surface area (TPSA) is 61.9 Å². The average molecular weight is 591 g/mol. The van der Waals surface area contributed by atoms with Crippen molar-refractivity contribution in [2.75, 3.05) is 0 Å². The molecule has 0 fully saturated rings. The zero-order chi connectivity index (χ0) is 30.9. The molecule has 0 bridgehead atoms. The summed E-state index contributed by atoms with van der Waals surface area (Å²) in [6.45, 7) is 5.02. The Labute approximate surface area is 262 Å². The second-order valence-electron chi connectivity index (χ2n) is 11.5. The molecule has 0 atom stereocenters. The van der Waals surface area contributed by atoms with Gasteiger partial charge in [-0.25, -0.2) is 14.8 Å². The van der Waals surface area contributed by atoms with Gasteiger partial charge in [0.05, 0.1) is 27.6 Å². The highest BCUT2D eigenvalue weighted by Crippen LogP contribution is 2.31. The van der Waals surface area contributed by atoms with Gasteiger partial charge in [-0.1, -0.05) is 79.7 Å². The Bertz CT molecular complexity index is 2160. The Morgan fingerprint density at radius 2 is 1.51 bits per heavy atom. The number of hydrogen-bond donors (Lipinski definition) is 0. The van der Waals surface area contributed by atoms with E-state index in [1.807, 2.05) is 48.5 Å². The van der Waals surface area contributed by atoms with Crippen LogP contribution in [0.4, 0.5) is 0 Å². The monoisotopic (exact) mass is 590 g/mol. The van der Waals surface area contributed by atoms with Gasteiger partial charge in [0.1, 0.15) is 17.4 Å². The average Bonchev–Trinajstić information content (AvgIpc) is 3.59. The number of esters is 1. The van der Waals surface area contributed by atoms with Crippen LogP contribution in [0.15, 0.2) is 115 Å². The smallest absolute Gasteiger partial charge is 0.344 e. The number of aromatic nitrogens is 4. The lowest BCUT2D eigenvalue weighted by molar-refractivity contribution is 0.0735. The van der Waals surface area contributed by atoms with E-state index in [1.165, 1.54) is 0 Å². The van der Waals surface area contributed by atoms with Gasteiger partial charge in [-0.05, 0) is 78.1 Å². The fraction of sp³-hybridized carbons (Fsp3) is 0.154. The van der Waals surface area contributed by atoms with Crippen molar-refractivity contribution in [1.82, 2.24) is 19.1 Å². The van der Waals surface area contributed by atoms with Gasteiger partial charge in [0.15, 0.2) is 0 Å². The van der Waals surface area contributed by atoms with E-state index in [9.17, 15) is 4.79 Å². The van der Waals surface area contributed by atoms with Crippen molar-refractivity contribution in [2.24, 2.45) is 7.05 Å². The van der Waals surface area contributed by atoms with Crippen LogP contribution >= 0.6 is 0 Å². The molecule has 0 radical (unpaired) electrons. The van der Waals surface area contributed by atoms with E-state index in [2.05, 4.69) is 84.6 Å². The molecule has 7 aromatic rings. The van der Waals surface area contributed by atoms with Crippen LogP contribution in [0, 0.1) is 6.92 Å². The number of ether oxygens (including phenoxy) is 1. The van der Waals surface area contributed by atoms with Crippen molar-refractivity contribution in [3.05, 3.63) is 138 Å². The van der Waals surface area contributed by atoms with Crippen molar-refractivity contribution in [3.63, 3.8) is 0 Å². The minimum absolute atomic E-state index is 0.373. The number of imidazole rings is 2. The highest BCUT2D eigenvalue weighted by molar-refractivity contribution is 5.98. The predicted octanol–water partition coefficient (Wildman–Crippen LogP) is 8.79. The maximum absolute atomic E-state index is 13.1. The molecule has 5 aromatic carbocycles. The van der Waals surface area contributed by atoms with Gasteiger partial charge in [0.25, 0.3) is 0 Å². The normalized spacial score (nSPS) is 11.4. The molecular weight excluding hydrogens is 556 g/mol. The first-order valence-corrected chi connectivity index (χ1v) is 15.4. The quantitative estimate of drug-likeness (QED) is 0.131. The molecule has 45 heavy (non-hydrogen) atoms. The molecule has 2 aromatic heterocycles. The van der Waals surface area contributed by atoms with Crippen molar-refractivity contribution in [1.29, 1.82) is 0 Å². The molecule has 0 spiro atoms. The molecule has 0 N–H and O–H groups in total. The van der Waals surface area contributed by atoms with Crippen molar-refractivity contribution >= 4 is 28.0 Å². The van der Waals surface area contributed by atoms with Gasteiger partial charge in [0, 0.05) is 25.6 Å². The largest absolute Gasteiger partial charge is 0.423 e. The fourth-order valence-electron chi connectivity index (χ4n) is 6.10. The number of carbonyl (C=O) groups excluding carboxylic acids is 1. The van der Waals surface area contributed by atoms with Crippen LogP contribution in [0.3, 0.4) is 0 Å². The van der Waals surface area contributed by atoms with E-state index in [1.54, 1.807) is 12.1 Å². The molecule has 6 heteroatoms. The zero-order valence-electron chi connectivity index (χ0n) is 25.7. The highest BCUT2D eigenvalue weighted by Gasteiger charge is 2.18. The molecule has 0 aliphatic carbocycles. The number of benzene rings is 5. The Balaban J connectivity index is 1.23. The molecule has 0 saturated carbocycles. The SMILES string of the molecule is CCCc1nc2c(C)cc(-c3nc4ccccc4n3C)cc2n1Cc1ccc(-c2ccccc2C(=O)Oc2ccccc2)cc1. The molecule has 6 nitrogen and oxygen atoms in total. The third-order valence-corrected chi connectivity index (χ3v) is 8.35. The Kier molecular flexibility index (Phi) is 7.47. The van der Waals surface area contributed by atoms with Gasteiger partial charge < -0.3 is 13.9 Å².